The first-order valence-electron chi connectivity index (χ1n) is 6.31. The molecule has 0 saturated carbocycles. The first-order chi connectivity index (χ1) is 9.31. The highest BCUT2D eigenvalue weighted by atomic mass is 16.5. The van der Waals surface area contributed by atoms with Crippen LogP contribution in [0.15, 0.2) is 42.5 Å². The fourth-order valence-corrected chi connectivity index (χ4v) is 1.94. The van der Waals surface area contributed by atoms with Crippen molar-refractivity contribution in [1.29, 1.82) is 0 Å². The maximum absolute atomic E-state index is 5.65. The van der Waals surface area contributed by atoms with E-state index in [-0.39, 0.29) is 0 Å². The van der Waals surface area contributed by atoms with Gasteiger partial charge < -0.3 is 9.72 Å². The number of pyridine rings is 1. The monoisotopic (exact) mass is 253 g/mol. The summed E-state index contributed by atoms with van der Waals surface area (Å²) < 4.78 is 5.65. The molecule has 0 radical (unpaired) electrons. The van der Waals surface area contributed by atoms with E-state index < -0.39 is 0 Å². The molecule has 0 aliphatic carbocycles. The van der Waals surface area contributed by atoms with Crippen LogP contribution in [-0.4, -0.2) is 21.6 Å². The van der Waals surface area contributed by atoms with E-state index in [0.717, 1.165) is 34.9 Å². The summed E-state index contributed by atoms with van der Waals surface area (Å²) in [5, 5.41) is 0. The van der Waals surface area contributed by atoms with Gasteiger partial charge in [-0.25, -0.2) is 9.97 Å². The molecule has 4 heteroatoms. The lowest BCUT2D eigenvalue weighted by Gasteiger charge is -2.03. The normalized spacial score (nSPS) is 10.8. The molecule has 0 amide bonds. The molecule has 0 spiro atoms. The number of hydrogen-bond acceptors (Lipinski definition) is 3. The summed E-state index contributed by atoms with van der Waals surface area (Å²) in [6, 6.07) is 13.8. The Labute approximate surface area is 111 Å². The third-order valence-electron chi connectivity index (χ3n) is 2.88. The molecule has 0 aliphatic rings. The van der Waals surface area contributed by atoms with Gasteiger partial charge in [0.25, 0.3) is 0 Å². The molecule has 2 aromatic heterocycles. The van der Waals surface area contributed by atoms with Crippen molar-refractivity contribution >= 4 is 11.2 Å². The second-order valence-electron chi connectivity index (χ2n) is 4.42. The number of fused-ring (bicyclic) bond motifs is 1. The van der Waals surface area contributed by atoms with Gasteiger partial charge in [0.2, 0.25) is 0 Å². The van der Waals surface area contributed by atoms with Gasteiger partial charge in [-0.3, -0.25) is 0 Å². The topological polar surface area (TPSA) is 50.8 Å². The van der Waals surface area contributed by atoms with E-state index in [0.29, 0.717) is 6.61 Å². The molecular weight excluding hydrogens is 238 g/mol. The van der Waals surface area contributed by atoms with Crippen LogP contribution in [0.5, 0.6) is 5.75 Å². The van der Waals surface area contributed by atoms with Crippen LogP contribution >= 0.6 is 0 Å². The Hall–Kier alpha value is -2.36. The summed E-state index contributed by atoms with van der Waals surface area (Å²) in [7, 11) is 0. The van der Waals surface area contributed by atoms with Crippen molar-refractivity contribution in [2.45, 2.75) is 13.3 Å². The zero-order valence-electron chi connectivity index (χ0n) is 10.8. The predicted octanol–water partition coefficient (Wildman–Crippen LogP) is 2.89. The predicted molar refractivity (Wildman–Crippen MR) is 74.3 cm³/mol. The number of imidazole rings is 1. The summed E-state index contributed by atoms with van der Waals surface area (Å²) >= 11 is 0. The van der Waals surface area contributed by atoms with Crippen LogP contribution in [0, 0.1) is 6.92 Å². The number of aromatic amines is 1. The molecule has 3 rings (SSSR count). The Bertz CT molecular complexity index is 676. The highest BCUT2D eigenvalue weighted by Crippen LogP contribution is 2.11. The van der Waals surface area contributed by atoms with E-state index in [1.807, 2.05) is 49.4 Å². The van der Waals surface area contributed by atoms with Gasteiger partial charge in [0.05, 0.1) is 12.1 Å². The fraction of sp³-hybridized carbons (Fsp3) is 0.200. The quantitative estimate of drug-likeness (QED) is 0.777. The average Bonchev–Trinajstić information content (AvgIpc) is 2.82. The van der Waals surface area contributed by atoms with Crippen molar-refractivity contribution < 1.29 is 4.74 Å². The zero-order valence-corrected chi connectivity index (χ0v) is 10.8. The van der Waals surface area contributed by atoms with E-state index >= 15 is 0 Å². The summed E-state index contributed by atoms with van der Waals surface area (Å²) in [5.41, 5.74) is 2.72. The highest BCUT2D eigenvalue weighted by Gasteiger charge is 2.04. The minimum absolute atomic E-state index is 0.600. The van der Waals surface area contributed by atoms with Crippen molar-refractivity contribution in [3.8, 4) is 5.75 Å². The number of ether oxygens (including phenoxy) is 1. The number of rotatable bonds is 4. The van der Waals surface area contributed by atoms with Crippen molar-refractivity contribution in [1.82, 2.24) is 15.0 Å². The molecule has 0 bridgehead atoms. The molecule has 4 nitrogen and oxygen atoms in total. The maximum atomic E-state index is 5.65. The van der Waals surface area contributed by atoms with Crippen LogP contribution in [0.1, 0.15) is 11.5 Å². The Kier molecular flexibility index (Phi) is 3.14. The van der Waals surface area contributed by atoms with E-state index in [4.69, 9.17) is 4.74 Å². The Morgan fingerprint density at radius 1 is 1.05 bits per heavy atom. The summed E-state index contributed by atoms with van der Waals surface area (Å²) in [5.74, 6) is 1.79. The summed E-state index contributed by atoms with van der Waals surface area (Å²) in [4.78, 5) is 12.1. The molecule has 0 atom stereocenters. The van der Waals surface area contributed by atoms with Gasteiger partial charge >= 0.3 is 0 Å². The molecule has 0 aliphatic heterocycles. The van der Waals surface area contributed by atoms with Crippen molar-refractivity contribution in [3.05, 3.63) is 54.0 Å². The van der Waals surface area contributed by atoms with E-state index in [1.165, 1.54) is 0 Å². The van der Waals surface area contributed by atoms with Crippen LogP contribution in [0.4, 0.5) is 0 Å². The Morgan fingerprint density at radius 2 is 1.89 bits per heavy atom. The number of aryl methyl sites for hydroxylation is 1. The van der Waals surface area contributed by atoms with Crippen molar-refractivity contribution in [2.75, 3.05) is 6.61 Å². The molecule has 1 aromatic carbocycles. The largest absolute Gasteiger partial charge is 0.493 e. The van der Waals surface area contributed by atoms with E-state index in [1.54, 1.807) is 0 Å². The first-order valence-corrected chi connectivity index (χ1v) is 6.31. The van der Waals surface area contributed by atoms with Gasteiger partial charge in [-0.15, -0.1) is 0 Å². The minimum atomic E-state index is 0.600. The summed E-state index contributed by atoms with van der Waals surface area (Å²) in [6.45, 7) is 2.56. The molecular formula is C15H15N3O. The number of H-pyrrole nitrogens is 1. The Balaban J connectivity index is 1.65. The van der Waals surface area contributed by atoms with Crippen LogP contribution in [0.25, 0.3) is 11.2 Å². The smallest absolute Gasteiger partial charge is 0.177 e. The molecule has 0 saturated heterocycles. The minimum Gasteiger partial charge on any atom is -0.493 e. The molecule has 0 fully saturated rings. The van der Waals surface area contributed by atoms with E-state index in [9.17, 15) is 0 Å². The van der Waals surface area contributed by atoms with Gasteiger partial charge in [0.15, 0.2) is 5.65 Å². The Morgan fingerprint density at radius 3 is 2.74 bits per heavy atom. The lowest BCUT2D eigenvalue weighted by molar-refractivity contribution is 0.319. The van der Waals surface area contributed by atoms with Gasteiger partial charge in [-0.1, -0.05) is 18.2 Å². The molecule has 96 valence electrons. The zero-order chi connectivity index (χ0) is 13.1. The van der Waals surface area contributed by atoms with Crippen LogP contribution in [0.2, 0.25) is 0 Å². The van der Waals surface area contributed by atoms with E-state index in [2.05, 4.69) is 15.0 Å². The number of benzene rings is 1. The molecule has 1 N–H and O–H groups in total. The van der Waals surface area contributed by atoms with Gasteiger partial charge in [-0.05, 0) is 31.2 Å². The standard InChI is InChI=1S/C15H15N3O/c1-11-7-8-13-15(16-11)18-14(17-13)9-10-19-12-5-3-2-4-6-12/h2-8H,9-10H2,1H3,(H,16,17,18). The second-order valence-corrected chi connectivity index (χ2v) is 4.42. The SMILES string of the molecule is Cc1ccc2[nH]c(CCOc3ccccc3)nc2n1. The maximum Gasteiger partial charge on any atom is 0.177 e. The number of nitrogens with one attached hydrogen (secondary N) is 1. The number of nitrogens with zero attached hydrogens (tertiary/aromatic N) is 2. The first kappa shape index (κ1) is 11.7. The number of hydrogen-bond donors (Lipinski definition) is 1. The fourth-order valence-electron chi connectivity index (χ4n) is 1.94. The molecule has 2 heterocycles. The van der Waals surface area contributed by atoms with Gasteiger partial charge in [0.1, 0.15) is 11.6 Å². The van der Waals surface area contributed by atoms with Crippen LogP contribution < -0.4 is 4.74 Å². The lowest BCUT2D eigenvalue weighted by atomic mass is 10.3. The average molecular weight is 253 g/mol. The van der Waals surface area contributed by atoms with Gasteiger partial charge in [-0.2, -0.15) is 0 Å². The highest BCUT2D eigenvalue weighted by molar-refractivity contribution is 5.70. The summed E-state index contributed by atoms with van der Waals surface area (Å²) in [6.07, 6.45) is 0.740. The number of para-hydroxylation sites is 1. The second kappa shape index (κ2) is 5.10. The van der Waals surface area contributed by atoms with Gasteiger partial charge in [0, 0.05) is 12.1 Å². The molecule has 3 aromatic rings. The van der Waals surface area contributed by atoms with Crippen molar-refractivity contribution in [2.24, 2.45) is 0 Å². The lowest BCUT2D eigenvalue weighted by Crippen LogP contribution is -2.02. The third-order valence-corrected chi connectivity index (χ3v) is 2.88. The van der Waals surface area contributed by atoms with Crippen LogP contribution in [0.3, 0.4) is 0 Å². The van der Waals surface area contributed by atoms with Crippen LogP contribution in [-0.2, 0) is 6.42 Å². The van der Waals surface area contributed by atoms with Crippen molar-refractivity contribution in [3.63, 3.8) is 0 Å². The number of aromatic nitrogens is 3. The molecule has 19 heavy (non-hydrogen) atoms. The molecule has 0 unspecified atom stereocenters. The third kappa shape index (κ3) is 2.73.